The minimum atomic E-state index is -3.39. The Bertz CT molecular complexity index is 419. The van der Waals surface area contributed by atoms with E-state index in [0.717, 1.165) is 25.6 Å². The van der Waals surface area contributed by atoms with Crippen LogP contribution in [0.5, 0.6) is 0 Å². The summed E-state index contributed by atoms with van der Waals surface area (Å²) in [5.74, 6) is 0.719. The zero-order chi connectivity index (χ0) is 15.5. The quantitative estimate of drug-likeness (QED) is 0.809. The molecule has 0 spiro atoms. The molecule has 21 heavy (non-hydrogen) atoms. The second-order valence-electron chi connectivity index (χ2n) is 6.52. The van der Waals surface area contributed by atoms with Gasteiger partial charge in [0.2, 0.25) is 0 Å². The number of piperidine rings is 1. The molecule has 3 atom stereocenters. The third-order valence-corrected chi connectivity index (χ3v) is 5.73. The monoisotopic (exact) mass is 319 g/mol. The average Bonchev–Trinajstić information content (AvgIpc) is 2.37. The highest BCUT2D eigenvalue weighted by Crippen LogP contribution is 2.15. The van der Waals surface area contributed by atoms with E-state index in [9.17, 15) is 8.42 Å². The Kier molecular flexibility index (Phi) is 6.02. The first-order valence-corrected chi connectivity index (χ1v) is 9.43. The van der Waals surface area contributed by atoms with Crippen LogP contribution in [0, 0.1) is 5.92 Å². The standard InChI is InChI=1S/C14H29N3O3S/c1-12-5-4-7-16(9-12)8-6-15-21(18,19)17-10-13(2)20-14(3)11-17/h12-15H,4-11H2,1-3H3. The summed E-state index contributed by atoms with van der Waals surface area (Å²) in [4.78, 5) is 2.35. The Balaban J connectivity index is 1.78. The minimum Gasteiger partial charge on any atom is -0.373 e. The van der Waals surface area contributed by atoms with E-state index in [2.05, 4.69) is 16.5 Å². The largest absolute Gasteiger partial charge is 0.373 e. The van der Waals surface area contributed by atoms with E-state index < -0.39 is 10.2 Å². The lowest BCUT2D eigenvalue weighted by Crippen LogP contribution is -2.52. The smallest absolute Gasteiger partial charge is 0.279 e. The van der Waals surface area contributed by atoms with Gasteiger partial charge in [-0.25, -0.2) is 4.72 Å². The Hall–Kier alpha value is -0.210. The van der Waals surface area contributed by atoms with E-state index in [4.69, 9.17) is 4.74 Å². The maximum Gasteiger partial charge on any atom is 0.279 e. The van der Waals surface area contributed by atoms with E-state index in [1.54, 1.807) is 0 Å². The molecular weight excluding hydrogens is 290 g/mol. The van der Waals surface area contributed by atoms with Crippen LogP contribution in [0.4, 0.5) is 0 Å². The molecule has 0 radical (unpaired) electrons. The molecule has 0 aromatic rings. The maximum atomic E-state index is 12.3. The maximum absolute atomic E-state index is 12.3. The predicted octanol–water partition coefficient (Wildman–Crippen LogP) is 0.662. The van der Waals surface area contributed by atoms with Crippen molar-refractivity contribution in [2.75, 3.05) is 39.3 Å². The van der Waals surface area contributed by atoms with Gasteiger partial charge in [-0.05, 0) is 39.2 Å². The summed E-state index contributed by atoms with van der Waals surface area (Å²) in [6.07, 6.45) is 2.40. The Morgan fingerprint density at radius 1 is 1.14 bits per heavy atom. The first kappa shape index (κ1) is 17.1. The van der Waals surface area contributed by atoms with Crippen molar-refractivity contribution in [2.24, 2.45) is 5.92 Å². The zero-order valence-corrected chi connectivity index (χ0v) is 14.2. The lowest BCUT2D eigenvalue weighted by Gasteiger charge is -2.35. The fourth-order valence-corrected chi connectivity index (χ4v) is 4.58. The van der Waals surface area contributed by atoms with Crippen molar-refractivity contribution in [1.29, 1.82) is 0 Å². The van der Waals surface area contributed by atoms with Crippen LogP contribution < -0.4 is 4.72 Å². The molecule has 3 unspecified atom stereocenters. The van der Waals surface area contributed by atoms with E-state index in [1.165, 1.54) is 17.1 Å². The van der Waals surface area contributed by atoms with Gasteiger partial charge in [0.1, 0.15) is 0 Å². The molecule has 0 saturated carbocycles. The lowest BCUT2D eigenvalue weighted by atomic mass is 10.0. The summed E-state index contributed by atoms with van der Waals surface area (Å²) < 4.78 is 34.5. The first-order valence-electron chi connectivity index (χ1n) is 7.99. The molecule has 0 bridgehead atoms. The topological polar surface area (TPSA) is 61.9 Å². The molecule has 0 aliphatic carbocycles. The molecule has 0 aromatic heterocycles. The molecule has 0 amide bonds. The number of nitrogens with one attached hydrogen (secondary N) is 1. The van der Waals surface area contributed by atoms with Gasteiger partial charge in [0.25, 0.3) is 10.2 Å². The molecule has 2 aliphatic rings. The van der Waals surface area contributed by atoms with Crippen LogP contribution in [0.2, 0.25) is 0 Å². The van der Waals surface area contributed by atoms with Crippen LogP contribution >= 0.6 is 0 Å². The second-order valence-corrected chi connectivity index (χ2v) is 8.28. The fourth-order valence-electron chi connectivity index (χ4n) is 3.24. The van der Waals surface area contributed by atoms with Gasteiger partial charge in [-0.1, -0.05) is 6.92 Å². The molecule has 0 aromatic carbocycles. The first-order chi connectivity index (χ1) is 9.87. The van der Waals surface area contributed by atoms with Crippen molar-refractivity contribution in [3.8, 4) is 0 Å². The van der Waals surface area contributed by atoms with E-state index in [1.807, 2.05) is 13.8 Å². The number of rotatable bonds is 5. The summed E-state index contributed by atoms with van der Waals surface area (Å²) in [7, 11) is -3.39. The van der Waals surface area contributed by atoms with Crippen molar-refractivity contribution >= 4 is 10.2 Å². The molecular formula is C14H29N3O3S. The van der Waals surface area contributed by atoms with Gasteiger partial charge in [-0.3, -0.25) is 0 Å². The van der Waals surface area contributed by atoms with Gasteiger partial charge in [-0.15, -0.1) is 0 Å². The normalized spacial score (nSPS) is 33.2. The fraction of sp³-hybridized carbons (Fsp3) is 1.00. The third-order valence-electron chi connectivity index (χ3n) is 4.18. The van der Waals surface area contributed by atoms with Crippen molar-refractivity contribution in [3.63, 3.8) is 0 Å². The molecule has 124 valence electrons. The zero-order valence-electron chi connectivity index (χ0n) is 13.4. The number of likely N-dealkylation sites (tertiary alicyclic amines) is 1. The molecule has 2 aliphatic heterocycles. The molecule has 2 heterocycles. The van der Waals surface area contributed by atoms with E-state index >= 15 is 0 Å². The van der Waals surface area contributed by atoms with Gasteiger partial charge in [0.15, 0.2) is 0 Å². The summed E-state index contributed by atoms with van der Waals surface area (Å²) in [6.45, 7) is 10.4. The minimum absolute atomic E-state index is 0.0479. The second kappa shape index (κ2) is 7.37. The van der Waals surface area contributed by atoms with Gasteiger partial charge >= 0.3 is 0 Å². The summed E-state index contributed by atoms with van der Waals surface area (Å²) in [5.41, 5.74) is 0. The van der Waals surface area contributed by atoms with Crippen molar-refractivity contribution in [3.05, 3.63) is 0 Å². The summed E-state index contributed by atoms with van der Waals surface area (Å²) >= 11 is 0. The van der Waals surface area contributed by atoms with Gasteiger partial charge in [-0.2, -0.15) is 12.7 Å². The van der Waals surface area contributed by atoms with Gasteiger partial charge in [0, 0.05) is 32.7 Å². The number of nitrogens with zero attached hydrogens (tertiary/aromatic N) is 2. The van der Waals surface area contributed by atoms with Crippen molar-refractivity contribution in [2.45, 2.75) is 45.8 Å². The SMILES string of the molecule is CC1CCCN(CCNS(=O)(=O)N2CC(C)OC(C)C2)C1. The van der Waals surface area contributed by atoms with Crippen LogP contribution in [-0.4, -0.2) is 69.1 Å². The van der Waals surface area contributed by atoms with Crippen LogP contribution in [0.25, 0.3) is 0 Å². The van der Waals surface area contributed by atoms with Crippen LogP contribution in [0.1, 0.15) is 33.6 Å². The predicted molar refractivity (Wildman–Crippen MR) is 83.3 cm³/mol. The molecule has 6 nitrogen and oxygen atoms in total. The van der Waals surface area contributed by atoms with Crippen molar-refractivity contribution < 1.29 is 13.2 Å². The van der Waals surface area contributed by atoms with E-state index in [0.29, 0.717) is 19.6 Å². The number of morpholine rings is 1. The van der Waals surface area contributed by atoms with Crippen LogP contribution in [-0.2, 0) is 14.9 Å². The van der Waals surface area contributed by atoms with Crippen LogP contribution in [0.3, 0.4) is 0 Å². The summed E-state index contributed by atoms with van der Waals surface area (Å²) in [5, 5.41) is 0. The lowest BCUT2D eigenvalue weighted by molar-refractivity contribution is -0.0444. The Labute approximate surface area is 129 Å². The van der Waals surface area contributed by atoms with Crippen LogP contribution in [0.15, 0.2) is 0 Å². The highest BCUT2D eigenvalue weighted by atomic mass is 32.2. The Morgan fingerprint density at radius 3 is 2.43 bits per heavy atom. The number of hydrogen-bond donors (Lipinski definition) is 1. The number of ether oxygens (including phenoxy) is 1. The Morgan fingerprint density at radius 2 is 1.81 bits per heavy atom. The summed E-state index contributed by atoms with van der Waals surface area (Å²) in [6, 6.07) is 0. The van der Waals surface area contributed by atoms with Gasteiger partial charge in [0.05, 0.1) is 12.2 Å². The molecule has 1 N–H and O–H groups in total. The molecule has 2 fully saturated rings. The highest BCUT2D eigenvalue weighted by Gasteiger charge is 2.30. The van der Waals surface area contributed by atoms with E-state index in [-0.39, 0.29) is 12.2 Å². The molecule has 2 saturated heterocycles. The number of hydrogen-bond acceptors (Lipinski definition) is 4. The highest BCUT2D eigenvalue weighted by molar-refractivity contribution is 7.87. The van der Waals surface area contributed by atoms with Crippen molar-refractivity contribution in [1.82, 2.24) is 13.9 Å². The molecule has 7 heteroatoms. The third kappa shape index (κ3) is 5.17. The molecule has 2 rings (SSSR count). The van der Waals surface area contributed by atoms with Gasteiger partial charge < -0.3 is 9.64 Å². The average molecular weight is 319 g/mol.